The van der Waals surface area contributed by atoms with Crippen LogP contribution in [0.3, 0.4) is 0 Å². The number of hydrogen-bond acceptors (Lipinski definition) is 8. The van der Waals surface area contributed by atoms with E-state index in [9.17, 15) is 30.3 Å². The Hall–Kier alpha value is -2.89. The van der Waals surface area contributed by atoms with Crippen LogP contribution in [-0.4, -0.2) is 87.5 Å². The van der Waals surface area contributed by atoms with Crippen LogP contribution in [0.15, 0.2) is 97.2 Å². The topological polar surface area (TPSA) is 149 Å². The molecule has 9 nitrogen and oxygen atoms in total. The molecule has 6 N–H and O–H groups in total. The van der Waals surface area contributed by atoms with Crippen molar-refractivity contribution >= 4 is 5.91 Å². The Bertz CT molecular complexity index is 1500. The van der Waals surface area contributed by atoms with Gasteiger partial charge in [-0.1, -0.05) is 265 Å². The van der Waals surface area contributed by atoms with Crippen LogP contribution in [0.2, 0.25) is 0 Å². The normalized spacial score (nSPS) is 19.6. The maximum Gasteiger partial charge on any atom is 0.220 e. The van der Waals surface area contributed by atoms with Crippen LogP contribution < -0.4 is 5.32 Å². The third-order valence-electron chi connectivity index (χ3n) is 14.1. The molecule has 0 saturated carbocycles. The lowest BCUT2D eigenvalue weighted by molar-refractivity contribution is -0.302. The van der Waals surface area contributed by atoms with Crippen LogP contribution in [0.25, 0.3) is 0 Å². The van der Waals surface area contributed by atoms with Gasteiger partial charge < -0.3 is 40.3 Å². The summed E-state index contributed by atoms with van der Waals surface area (Å²) in [6.07, 6.45) is 72.0. The number of carbonyl (C=O) groups excluding carboxylic acids is 1. The van der Waals surface area contributed by atoms with Crippen molar-refractivity contribution in [3.8, 4) is 0 Å². The molecule has 1 heterocycles. The zero-order valence-corrected chi connectivity index (χ0v) is 48.0. The molecule has 1 amide bonds. The second kappa shape index (κ2) is 54.5. The fourth-order valence-electron chi connectivity index (χ4n) is 9.29. The summed E-state index contributed by atoms with van der Waals surface area (Å²) >= 11 is 0. The maximum absolute atomic E-state index is 13.1. The minimum absolute atomic E-state index is 0.188. The highest BCUT2D eigenvalue weighted by Gasteiger charge is 2.44. The lowest BCUT2D eigenvalue weighted by atomic mass is 9.99. The Morgan fingerprint density at radius 3 is 1.28 bits per heavy atom. The summed E-state index contributed by atoms with van der Waals surface area (Å²) in [6, 6.07) is -0.826. The first-order valence-electron chi connectivity index (χ1n) is 31.0. The van der Waals surface area contributed by atoms with Gasteiger partial charge in [-0.2, -0.15) is 0 Å². The average Bonchev–Trinajstić information content (AvgIpc) is 3.41. The minimum atomic E-state index is -1.58. The molecule has 0 spiro atoms. The number of rotatable bonds is 52. The number of hydrogen-bond donors (Lipinski definition) is 6. The first kappa shape index (κ1) is 70.1. The summed E-state index contributed by atoms with van der Waals surface area (Å²) in [6.45, 7) is 3.66. The highest BCUT2D eigenvalue weighted by atomic mass is 16.7. The number of allylic oxidation sites excluding steroid dienone is 15. The highest BCUT2D eigenvalue weighted by molar-refractivity contribution is 5.76. The monoisotopic (exact) mass is 1050 g/mol. The molecule has 1 rings (SSSR count). The average molecular weight is 1050 g/mol. The van der Waals surface area contributed by atoms with Crippen LogP contribution in [0.5, 0.6) is 0 Å². The van der Waals surface area contributed by atoms with Gasteiger partial charge in [0, 0.05) is 6.42 Å². The number of aliphatic hydroxyl groups excluding tert-OH is 5. The minimum Gasteiger partial charge on any atom is -0.394 e. The van der Waals surface area contributed by atoms with Crippen molar-refractivity contribution in [1.82, 2.24) is 5.32 Å². The van der Waals surface area contributed by atoms with E-state index in [4.69, 9.17) is 9.47 Å². The smallest absolute Gasteiger partial charge is 0.220 e. The number of unbranched alkanes of at least 4 members (excludes halogenated alkanes) is 28. The molecule has 0 aromatic heterocycles. The second-order valence-corrected chi connectivity index (χ2v) is 21.1. The predicted molar refractivity (Wildman–Crippen MR) is 318 cm³/mol. The molecule has 1 fully saturated rings. The largest absolute Gasteiger partial charge is 0.394 e. The zero-order valence-electron chi connectivity index (χ0n) is 48.0. The lowest BCUT2D eigenvalue weighted by Gasteiger charge is -2.40. The van der Waals surface area contributed by atoms with E-state index in [1.165, 1.54) is 161 Å². The molecule has 0 aliphatic carbocycles. The Balaban J connectivity index is 2.15. The third kappa shape index (κ3) is 43.7. The fraction of sp³-hybridized carbons (Fsp3) is 0.742. The Morgan fingerprint density at radius 1 is 0.467 bits per heavy atom. The van der Waals surface area contributed by atoms with Crippen molar-refractivity contribution in [2.45, 2.75) is 301 Å². The van der Waals surface area contributed by atoms with Gasteiger partial charge in [-0.25, -0.2) is 0 Å². The van der Waals surface area contributed by atoms with Crippen LogP contribution in [0, 0.1) is 0 Å². The predicted octanol–water partition coefficient (Wildman–Crippen LogP) is 16.0. The fourth-order valence-corrected chi connectivity index (χ4v) is 9.29. The molecule has 1 saturated heterocycles. The first-order chi connectivity index (χ1) is 36.8. The first-order valence-corrected chi connectivity index (χ1v) is 31.0. The van der Waals surface area contributed by atoms with Gasteiger partial charge in [-0.05, 0) is 83.5 Å². The summed E-state index contributed by atoms with van der Waals surface area (Å²) in [5.74, 6) is -0.188. The molecule has 7 atom stereocenters. The third-order valence-corrected chi connectivity index (χ3v) is 14.1. The van der Waals surface area contributed by atoms with Gasteiger partial charge in [0.1, 0.15) is 24.4 Å². The Kier molecular flexibility index (Phi) is 50.9. The zero-order chi connectivity index (χ0) is 54.3. The second-order valence-electron chi connectivity index (χ2n) is 21.1. The van der Waals surface area contributed by atoms with E-state index in [1.54, 1.807) is 6.08 Å². The van der Waals surface area contributed by atoms with Gasteiger partial charge in [0.15, 0.2) is 6.29 Å². The molecule has 0 bridgehead atoms. The summed E-state index contributed by atoms with van der Waals surface area (Å²) in [4.78, 5) is 13.1. The van der Waals surface area contributed by atoms with Crippen LogP contribution >= 0.6 is 0 Å². The quantitative estimate of drug-likeness (QED) is 0.0261. The number of nitrogens with one attached hydrogen (secondary N) is 1. The van der Waals surface area contributed by atoms with Crippen molar-refractivity contribution in [1.29, 1.82) is 0 Å². The number of aliphatic hydroxyl groups is 5. The standard InChI is InChI=1S/C66H115NO8/c1-3-5-7-9-11-13-15-17-19-21-22-23-24-25-26-27-28-29-30-31-32-33-34-35-36-37-38-40-42-44-46-48-50-52-54-56-62(70)67-59(58-74-66-65(73)64(72)63(71)61(57-68)75-66)60(69)55-53-51-49-47-45-43-41-39-20-18-16-14-12-10-8-6-4-2/h5,7,11,13,17,19,22-23,25-26,28-29,45,47,53,55,59-61,63-66,68-69,71-73H,3-4,6,8-10,12,14-16,18,20-21,24,27,30-44,46,48-52,54,56-58H2,1-2H3,(H,67,70)/b7-5-,13-11-,19-17-,23-22-,26-25-,29-28-,47-45+,55-53+. The summed E-state index contributed by atoms with van der Waals surface area (Å²) in [5, 5.41) is 54.5. The van der Waals surface area contributed by atoms with Crippen LogP contribution in [-0.2, 0) is 14.3 Å². The molecular formula is C66H115NO8. The van der Waals surface area contributed by atoms with Crippen molar-refractivity contribution in [2.75, 3.05) is 13.2 Å². The van der Waals surface area contributed by atoms with E-state index in [1.807, 2.05) is 6.08 Å². The molecule has 1 aliphatic heterocycles. The molecule has 0 aromatic carbocycles. The van der Waals surface area contributed by atoms with Gasteiger partial charge in [0.25, 0.3) is 0 Å². The van der Waals surface area contributed by atoms with Gasteiger partial charge in [0.05, 0.1) is 25.4 Å². The van der Waals surface area contributed by atoms with E-state index in [0.29, 0.717) is 6.42 Å². The van der Waals surface area contributed by atoms with Crippen molar-refractivity contribution in [3.63, 3.8) is 0 Å². The molecule has 0 aromatic rings. The van der Waals surface area contributed by atoms with Gasteiger partial charge in [0.2, 0.25) is 5.91 Å². The summed E-state index contributed by atoms with van der Waals surface area (Å²) in [7, 11) is 0. The SMILES string of the molecule is CC/C=C\C/C=C\C/C=C\C/C=C\C/C=C\C/C=C\CCCCCCCCCCCCCCCCCCC(=O)NC(COC1OC(CO)C(O)C(O)C1O)C(O)/C=C/CC/C=C/CCCCCCCCCCCCC. The van der Waals surface area contributed by atoms with Gasteiger partial charge in [-0.3, -0.25) is 4.79 Å². The van der Waals surface area contributed by atoms with E-state index < -0.39 is 49.5 Å². The van der Waals surface area contributed by atoms with Crippen molar-refractivity contribution < 1.29 is 39.8 Å². The van der Waals surface area contributed by atoms with Gasteiger partial charge in [-0.15, -0.1) is 0 Å². The Labute approximate surface area is 460 Å². The number of carbonyl (C=O) groups is 1. The van der Waals surface area contributed by atoms with E-state index in [2.05, 4.69) is 104 Å². The highest BCUT2D eigenvalue weighted by Crippen LogP contribution is 2.23. The maximum atomic E-state index is 13.1. The Morgan fingerprint density at radius 2 is 0.840 bits per heavy atom. The molecule has 432 valence electrons. The molecular weight excluding hydrogens is 935 g/mol. The van der Waals surface area contributed by atoms with Crippen molar-refractivity contribution in [3.05, 3.63) is 97.2 Å². The molecule has 75 heavy (non-hydrogen) atoms. The van der Waals surface area contributed by atoms with Gasteiger partial charge >= 0.3 is 0 Å². The van der Waals surface area contributed by atoms with E-state index >= 15 is 0 Å². The number of ether oxygens (including phenoxy) is 2. The molecule has 9 heteroatoms. The summed E-state index contributed by atoms with van der Waals surface area (Å²) in [5.41, 5.74) is 0. The molecule has 1 aliphatic rings. The van der Waals surface area contributed by atoms with E-state index in [0.717, 1.165) is 77.0 Å². The van der Waals surface area contributed by atoms with Crippen LogP contribution in [0.1, 0.15) is 258 Å². The van der Waals surface area contributed by atoms with Crippen molar-refractivity contribution in [2.24, 2.45) is 0 Å². The number of amides is 1. The van der Waals surface area contributed by atoms with E-state index in [-0.39, 0.29) is 12.5 Å². The lowest BCUT2D eigenvalue weighted by Crippen LogP contribution is -2.60. The summed E-state index contributed by atoms with van der Waals surface area (Å²) < 4.78 is 11.3. The molecule has 7 unspecified atom stereocenters. The van der Waals surface area contributed by atoms with Crippen LogP contribution in [0.4, 0.5) is 0 Å². The molecule has 0 radical (unpaired) electrons.